The Morgan fingerprint density at radius 2 is 1.96 bits per heavy atom. The van der Waals surface area contributed by atoms with Gasteiger partial charge in [-0.2, -0.15) is 0 Å². The van der Waals surface area contributed by atoms with Crippen molar-refractivity contribution in [2.24, 2.45) is 0 Å². The highest BCUT2D eigenvalue weighted by atomic mass is 19.3. The van der Waals surface area contributed by atoms with Crippen LogP contribution < -0.4 is 0 Å². The molecule has 1 amide bonds. The van der Waals surface area contributed by atoms with Crippen LogP contribution in [0.1, 0.15) is 31.2 Å². The van der Waals surface area contributed by atoms with E-state index in [-0.39, 0.29) is 19.6 Å². The van der Waals surface area contributed by atoms with Crippen LogP contribution in [0.3, 0.4) is 0 Å². The summed E-state index contributed by atoms with van der Waals surface area (Å²) < 4.78 is 30.9. The van der Waals surface area contributed by atoms with E-state index in [1.807, 2.05) is 6.07 Å². The molecule has 1 saturated heterocycles. The summed E-state index contributed by atoms with van der Waals surface area (Å²) in [4.78, 5) is 24.8. The zero-order chi connectivity index (χ0) is 16.9. The van der Waals surface area contributed by atoms with Crippen molar-refractivity contribution in [3.63, 3.8) is 0 Å². The minimum absolute atomic E-state index is 0.00705. The summed E-state index contributed by atoms with van der Waals surface area (Å²) in [7, 11) is 0. The first-order chi connectivity index (χ1) is 11.0. The van der Waals surface area contributed by atoms with Crippen molar-refractivity contribution < 1.29 is 28.2 Å². The molecule has 1 aromatic rings. The smallest absolute Gasteiger partial charge is 0.411 e. The number of likely N-dealkylation sites (tertiary alicyclic amines) is 1. The second kappa shape index (κ2) is 7.39. The molecule has 7 heteroatoms. The fraction of sp³-hybridized carbons (Fsp3) is 0.500. The van der Waals surface area contributed by atoms with E-state index >= 15 is 0 Å². The van der Waals surface area contributed by atoms with Gasteiger partial charge in [0.05, 0.1) is 0 Å². The minimum Gasteiger partial charge on any atom is -0.479 e. The highest BCUT2D eigenvalue weighted by Gasteiger charge is 2.50. The number of carboxylic acids is 1. The second-order valence-corrected chi connectivity index (χ2v) is 5.58. The third-order valence-corrected chi connectivity index (χ3v) is 4.05. The molecule has 2 rings (SSSR count). The summed E-state index contributed by atoms with van der Waals surface area (Å²) in [5.41, 5.74) is -1.15. The molecule has 5 nitrogen and oxygen atoms in total. The number of rotatable bonds is 5. The molecule has 1 unspecified atom stereocenters. The molecule has 0 radical (unpaired) electrons. The first-order valence-electron chi connectivity index (χ1n) is 7.45. The number of carbonyl (C=O) groups excluding carboxylic acids is 1. The Balaban J connectivity index is 2.12. The van der Waals surface area contributed by atoms with E-state index < -0.39 is 30.4 Å². The minimum atomic E-state index is -2.81. The van der Waals surface area contributed by atoms with Gasteiger partial charge in [0.25, 0.3) is 0 Å². The molecule has 0 spiro atoms. The van der Waals surface area contributed by atoms with E-state index in [0.29, 0.717) is 12.8 Å². The van der Waals surface area contributed by atoms with Crippen LogP contribution in [-0.4, -0.2) is 40.6 Å². The van der Waals surface area contributed by atoms with Crippen molar-refractivity contribution in [2.75, 3.05) is 6.54 Å². The number of carbonyl (C=O) groups is 2. The number of alkyl halides is 2. The third-order valence-electron chi connectivity index (χ3n) is 4.05. The molecule has 1 N–H and O–H groups in total. The van der Waals surface area contributed by atoms with Gasteiger partial charge in [-0.3, -0.25) is 4.90 Å². The summed E-state index contributed by atoms with van der Waals surface area (Å²) in [5.74, 6) is -1.41. The number of benzene rings is 1. The molecule has 0 aliphatic carbocycles. The van der Waals surface area contributed by atoms with Gasteiger partial charge in [-0.1, -0.05) is 30.3 Å². The summed E-state index contributed by atoms with van der Waals surface area (Å²) in [6, 6.07) is 8.89. The summed E-state index contributed by atoms with van der Waals surface area (Å²) >= 11 is 0. The van der Waals surface area contributed by atoms with Crippen molar-refractivity contribution in [1.82, 2.24) is 4.90 Å². The van der Waals surface area contributed by atoms with Gasteiger partial charge in [0, 0.05) is 13.0 Å². The fourth-order valence-corrected chi connectivity index (χ4v) is 2.88. The lowest BCUT2D eigenvalue weighted by Crippen LogP contribution is -2.60. The quantitative estimate of drug-likeness (QED) is 0.901. The first kappa shape index (κ1) is 17.2. The highest BCUT2D eigenvalue weighted by molar-refractivity contribution is 5.84. The molecule has 1 aliphatic rings. The van der Waals surface area contributed by atoms with Crippen LogP contribution in [0.4, 0.5) is 13.6 Å². The van der Waals surface area contributed by atoms with Crippen molar-refractivity contribution in [3.8, 4) is 0 Å². The molecular formula is C16H19F2NO4. The fourth-order valence-electron chi connectivity index (χ4n) is 2.88. The van der Waals surface area contributed by atoms with Crippen LogP contribution in [0.15, 0.2) is 30.3 Å². The molecule has 0 aromatic heterocycles. The Kier molecular flexibility index (Phi) is 5.52. The zero-order valence-electron chi connectivity index (χ0n) is 12.6. The van der Waals surface area contributed by atoms with E-state index in [2.05, 4.69) is 0 Å². The summed E-state index contributed by atoms with van der Waals surface area (Å²) in [6.45, 7) is 0.0766. The Bertz CT molecular complexity index is 552. The van der Waals surface area contributed by atoms with Crippen molar-refractivity contribution in [3.05, 3.63) is 35.9 Å². The number of amides is 1. The van der Waals surface area contributed by atoms with E-state index in [1.54, 1.807) is 24.3 Å². The molecule has 1 aliphatic heterocycles. The number of carboxylic acid groups (broad SMARTS) is 1. The number of hydrogen-bond donors (Lipinski definition) is 1. The molecular weight excluding hydrogens is 308 g/mol. The topological polar surface area (TPSA) is 66.8 Å². The van der Waals surface area contributed by atoms with Crippen LogP contribution in [0.5, 0.6) is 0 Å². The Hall–Kier alpha value is -2.18. The van der Waals surface area contributed by atoms with Crippen LogP contribution in [0.25, 0.3) is 0 Å². The normalized spacial score (nSPS) is 21.3. The largest absolute Gasteiger partial charge is 0.479 e. The summed E-state index contributed by atoms with van der Waals surface area (Å²) in [6.07, 6.45) is -3.50. The molecule has 1 fully saturated rings. The summed E-state index contributed by atoms with van der Waals surface area (Å²) in [5, 5.41) is 9.46. The van der Waals surface area contributed by atoms with Crippen molar-refractivity contribution >= 4 is 12.1 Å². The monoisotopic (exact) mass is 327 g/mol. The average Bonchev–Trinajstić information content (AvgIpc) is 2.53. The Morgan fingerprint density at radius 1 is 1.26 bits per heavy atom. The number of aliphatic carboxylic acids is 1. The van der Waals surface area contributed by atoms with Gasteiger partial charge in [-0.05, 0) is 24.8 Å². The highest BCUT2D eigenvalue weighted by Crippen LogP contribution is 2.34. The maximum absolute atomic E-state index is 12.9. The third kappa shape index (κ3) is 3.97. The zero-order valence-corrected chi connectivity index (χ0v) is 12.6. The van der Waals surface area contributed by atoms with Crippen LogP contribution >= 0.6 is 0 Å². The molecule has 1 atom stereocenters. The maximum Gasteiger partial charge on any atom is 0.411 e. The SMILES string of the molecule is O=C(OCc1ccccc1)N1CCCCC1(CC(F)F)C(=O)O. The van der Waals surface area contributed by atoms with E-state index in [4.69, 9.17) is 4.74 Å². The molecule has 0 saturated carbocycles. The predicted molar refractivity (Wildman–Crippen MR) is 78.2 cm³/mol. The maximum atomic E-state index is 12.9. The van der Waals surface area contributed by atoms with Crippen molar-refractivity contribution in [1.29, 1.82) is 0 Å². The van der Waals surface area contributed by atoms with Gasteiger partial charge in [0.2, 0.25) is 6.43 Å². The predicted octanol–water partition coefficient (Wildman–Crippen LogP) is 3.29. The van der Waals surface area contributed by atoms with Gasteiger partial charge >= 0.3 is 12.1 Å². The lowest BCUT2D eigenvalue weighted by Gasteiger charge is -2.43. The number of ether oxygens (including phenoxy) is 1. The molecule has 126 valence electrons. The lowest BCUT2D eigenvalue weighted by molar-refractivity contribution is -0.156. The van der Waals surface area contributed by atoms with Gasteiger partial charge in [0.15, 0.2) is 0 Å². The standard InChI is InChI=1S/C16H19F2NO4/c17-13(18)10-16(14(20)21)8-4-5-9-19(16)15(22)23-11-12-6-2-1-3-7-12/h1-3,6-7,13H,4-5,8-11H2,(H,20,21). The van der Waals surface area contributed by atoms with Crippen LogP contribution in [0, 0.1) is 0 Å². The molecule has 1 heterocycles. The van der Waals surface area contributed by atoms with Gasteiger partial charge in [-0.15, -0.1) is 0 Å². The number of halogens is 2. The van der Waals surface area contributed by atoms with Crippen LogP contribution in [0.2, 0.25) is 0 Å². The second-order valence-electron chi connectivity index (χ2n) is 5.58. The number of nitrogens with zero attached hydrogens (tertiary/aromatic N) is 1. The van der Waals surface area contributed by atoms with E-state index in [0.717, 1.165) is 10.5 Å². The van der Waals surface area contributed by atoms with E-state index in [9.17, 15) is 23.5 Å². The lowest BCUT2D eigenvalue weighted by atomic mass is 9.84. The van der Waals surface area contributed by atoms with Gasteiger partial charge in [0.1, 0.15) is 12.1 Å². The number of hydrogen-bond acceptors (Lipinski definition) is 3. The molecule has 1 aromatic carbocycles. The van der Waals surface area contributed by atoms with Gasteiger partial charge < -0.3 is 9.84 Å². The average molecular weight is 327 g/mol. The Morgan fingerprint density at radius 3 is 2.57 bits per heavy atom. The molecule has 23 heavy (non-hydrogen) atoms. The van der Waals surface area contributed by atoms with Crippen LogP contribution in [-0.2, 0) is 16.1 Å². The first-order valence-corrected chi connectivity index (χ1v) is 7.45. The van der Waals surface area contributed by atoms with Crippen molar-refractivity contribution in [2.45, 2.75) is 44.3 Å². The van der Waals surface area contributed by atoms with E-state index in [1.165, 1.54) is 0 Å². The Labute approximate surface area is 132 Å². The van der Waals surface area contributed by atoms with Gasteiger partial charge in [-0.25, -0.2) is 18.4 Å². The molecule has 0 bridgehead atoms. The number of piperidine rings is 1.